The molecule has 0 spiro atoms. The Morgan fingerprint density at radius 1 is 1.60 bits per heavy atom. The third-order valence-electron chi connectivity index (χ3n) is 2.13. The fraction of sp³-hybridized carbons (Fsp3) is 0.625. The summed E-state index contributed by atoms with van der Waals surface area (Å²) in [5, 5.41) is 12.8. The van der Waals surface area contributed by atoms with Crippen molar-refractivity contribution in [3.8, 4) is 0 Å². The summed E-state index contributed by atoms with van der Waals surface area (Å²) in [4.78, 5) is 34.1. The maximum Gasteiger partial charge on any atom is 0.323 e. The number of amides is 3. The molecule has 1 saturated heterocycles. The first-order chi connectivity index (χ1) is 7.00. The van der Waals surface area contributed by atoms with Gasteiger partial charge >= 0.3 is 12.0 Å². The highest BCUT2D eigenvalue weighted by Gasteiger charge is 2.30. The SMILES string of the molecule is CN1CCC(NC(=O)NCC(=O)O)C1=O. The predicted octanol–water partition coefficient (Wildman–Crippen LogP) is -1.40. The number of carbonyl (C=O) groups excluding carboxylic acids is 2. The van der Waals surface area contributed by atoms with Crippen LogP contribution in [0.25, 0.3) is 0 Å². The van der Waals surface area contributed by atoms with Crippen LogP contribution in [0.1, 0.15) is 6.42 Å². The number of hydrogen-bond acceptors (Lipinski definition) is 3. The molecule has 1 atom stereocenters. The molecule has 15 heavy (non-hydrogen) atoms. The van der Waals surface area contributed by atoms with Crippen molar-refractivity contribution in [3.63, 3.8) is 0 Å². The van der Waals surface area contributed by atoms with Gasteiger partial charge in [-0.25, -0.2) is 4.79 Å². The van der Waals surface area contributed by atoms with E-state index in [-0.39, 0.29) is 5.91 Å². The Morgan fingerprint density at radius 3 is 2.73 bits per heavy atom. The van der Waals surface area contributed by atoms with Crippen molar-refractivity contribution in [2.75, 3.05) is 20.1 Å². The van der Waals surface area contributed by atoms with E-state index in [1.807, 2.05) is 0 Å². The lowest BCUT2D eigenvalue weighted by Gasteiger charge is -2.12. The average Bonchev–Trinajstić information content (AvgIpc) is 2.47. The maximum atomic E-state index is 11.3. The Labute approximate surface area is 86.4 Å². The summed E-state index contributed by atoms with van der Waals surface area (Å²) in [6, 6.07) is -1.17. The van der Waals surface area contributed by atoms with Crippen LogP contribution in [0.4, 0.5) is 4.79 Å². The minimum absolute atomic E-state index is 0.152. The van der Waals surface area contributed by atoms with Crippen LogP contribution in [0.15, 0.2) is 0 Å². The van der Waals surface area contributed by atoms with Gasteiger partial charge in [0.2, 0.25) is 5.91 Å². The van der Waals surface area contributed by atoms with Gasteiger partial charge in [-0.05, 0) is 6.42 Å². The molecule has 0 radical (unpaired) electrons. The van der Waals surface area contributed by atoms with Gasteiger partial charge in [0.25, 0.3) is 0 Å². The first-order valence-corrected chi connectivity index (χ1v) is 4.52. The summed E-state index contributed by atoms with van der Waals surface area (Å²) in [7, 11) is 1.65. The molecule has 1 fully saturated rings. The Kier molecular flexibility index (Phi) is 3.48. The Morgan fingerprint density at radius 2 is 2.27 bits per heavy atom. The van der Waals surface area contributed by atoms with E-state index in [2.05, 4.69) is 10.6 Å². The lowest BCUT2D eigenvalue weighted by molar-refractivity contribution is -0.135. The van der Waals surface area contributed by atoms with Gasteiger partial charge < -0.3 is 20.6 Å². The molecule has 0 bridgehead atoms. The van der Waals surface area contributed by atoms with Crippen molar-refractivity contribution in [2.45, 2.75) is 12.5 Å². The standard InChI is InChI=1S/C8H13N3O4/c1-11-3-2-5(7(11)14)10-8(15)9-4-6(12)13/h5H,2-4H2,1H3,(H,12,13)(H2,9,10,15). The highest BCUT2D eigenvalue weighted by atomic mass is 16.4. The zero-order chi connectivity index (χ0) is 11.4. The Bertz CT molecular complexity index is 292. The van der Waals surface area contributed by atoms with Crippen LogP contribution in [0.3, 0.4) is 0 Å². The van der Waals surface area contributed by atoms with Crippen molar-refractivity contribution in [2.24, 2.45) is 0 Å². The molecule has 0 aliphatic carbocycles. The molecule has 84 valence electrons. The molecule has 1 aliphatic rings. The van der Waals surface area contributed by atoms with E-state index >= 15 is 0 Å². The zero-order valence-corrected chi connectivity index (χ0v) is 8.32. The second-order valence-electron chi connectivity index (χ2n) is 3.32. The van der Waals surface area contributed by atoms with Crippen LogP contribution in [0.5, 0.6) is 0 Å². The largest absolute Gasteiger partial charge is 0.480 e. The first-order valence-electron chi connectivity index (χ1n) is 4.52. The van der Waals surface area contributed by atoms with Crippen LogP contribution < -0.4 is 10.6 Å². The van der Waals surface area contributed by atoms with Gasteiger partial charge in [0, 0.05) is 13.6 Å². The molecule has 1 unspecified atom stereocenters. The van der Waals surface area contributed by atoms with Crippen molar-refractivity contribution >= 4 is 17.9 Å². The normalized spacial score (nSPS) is 20.2. The van der Waals surface area contributed by atoms with Crippen LogP contribution in [0, 0.1) is 0 Å². The number of nitrogens with zero attached hydrogens (tertiary/aromatic N) is 1. The van der Waals surface area contributed by atoms with Crippen LogP contribution in [-0.4, -0.2) is 54.1 Å². The molecule has 7 nitrogen and oxygen atoms in total. The van der Waals surface area contributed by atoms with Crippen molar-refractivity contribution < 1.29 is 19.5 Å². The van der Waals surface area contributed by atoms with Gasteiger partial charge in [-0.2, -0.15) is 0 Å². The fourth-order valence-corrected chi connectivity index (χ4v) is 1.32. The lowest BCUT2D eigenvalue weighted by atomic mass is 10.2. The topological polar surface area (TPSA) is 98.7 Å². The fourth-order valence-electron chi connectivity index (χ4n) is 1.32. The van der Waals surface area contributed by atoms with E-state index < -0.39 is 24.6 Å². The molecule has 3 N–H and O–H groups in total. The van der Waals surface area contributed by atoms with Gasteiger partial charge in [-0.1, -0.05) is 0 Å². The number of nitrogens with one attached hydrogen (secondary N) is 2. The zero-order valence-electron chi connectivity index (χ0n) is 8.32. The monoisotopic (exact) mass is 215 g/mol. The molecule has 1 heterocycles. The number of likely N-dealkylation sites (tertiary alicyclic amines) is 1. The maximum absolute atomic E-state index is 11.3. The summed E-state index contributed by atoms with van der Waals surface area (Å²) in [5.74, 6) is -1.28. The molecule has 0 aromatic heterocycles. The first kappa shape index (κ1) is 11.3. The highest BCUT2D eigenvalue weighted by molar-refractivity contribution is 5.89. The molecule has 1 aliphatic heterocycles. The smallest absolute Gasteiger partial charge is 0.323 e. The van der Waals surface area contributed by atoms with E-state index in [4.69, 9.17) is 5.11 Å². The summed E-state index contributed by atoms with van der Waals surface area (Å²) >= 11 is 0. The van der Waals surface area contributed by atoms with E-state index in [1.54, 1.807) is 7.05 Å². The predicted molar refractivity (Wildman–Crippen MR) is 50.2 cm³/mol. The molecule has 0 aromatic rings. The molecular weight excluding hydrogens is 202 g/mol. The molecular formula is C8H13N3O4. The van der Waals surface area contributed by atoms with Crippen molar-refractivity contribution in [1.82, 2.24) is 15.5 Å². The van der Waals surface area contributed by atoms with E-state index in [9.17, 15) is 14.4 Å². The summed E-state index contributed by atoms with van der Waals surface area (Å²) in [6.07, 6.45) is 0.551. The van der Waals surface area contributed by atoms with E-state index in [0.29, 0.717) is 13.0 Å². The van der Waals surface area contributed by atoms with E-state index in [0.717, 1.165) is 0 Å². The van der Waals surface area contributed by atoms with Crippen LogP contribution >= 0.6 is 0 Å². The average molecular weight is 215 g/mol. The Balaban J connectivity index is 2.32. The molecule has 0 aromatic carbocycles. The van der Waals surface area contributed by atoms with Gasteiger partial charge in [0.15, 0.2) is 0 Å². The summed E-state index contributed by atoms with van der Waals surface area (Å²) < 4.78 is 0. The molecule has 0 saturated carbocycles. The van der Waals surface area contributed by atoms with Gasteiger partial charge in [0.1, 0.15) is 12.6 Å². The second-order valence-corrected chi connectivity index (χ2v) is 3.32. The van der Waals surface area contributed by atoms with Gasteiger partial charge in [-0.3, -0.25) is 9.59 Å². The highest BCUT2D eigenvalue weighted by Crippen LogP contribution is 2.07. The quantitative estimate of drug-likeness (QED) is 0.539. The minimum Gasteiger partial charge on any atom is -0.480 e. The lowest BCUT2D eigenvalue weighted by Crippen LogP contribution is -2.46. The second kappa shape index (κ2) is 4.63. The number of carbonyl (C=O) groups is 3. The summed E-state index contributed by atoms with van der Waals surface area (Å²) in [6.45, 7) is 0.144. The van der Waals surface area contributed by atoms with Crippen molar-refractivity contribution in [3.05, 3.63) is 0 Å². The summed E-state index contributed by atoms with van der Waals surface area (Å²) in [5.41, 5.74) is 0. The number of carboxylic acids is 1. The number of urea groups is 1. The molecule has 7 heteroatoms. The van der Waals surface area contributed by atoms with E-state index in [1.165, 1.54) is 4.90 Å². The van der Waals surface area contributed by atoms with Crippen LogP contribution in [-0.2, 0) is 9.59 Å². The number of hydrogen-bond donors (Lipinski definition) is 3. The van der Waals surface area contributed by atoms with Gasteiger partial charge in [0.05, 0.1) is 0 Å². The number of aliphatic carboxylic acids is 1. The Hall–Kier alpha value is -1.79. The van der Waals surface area contributed by atoms with Gasteiger partial charge in [-0.15, -0.1) is 0 Å². The van der Waals surface area contributed by atoms with Crippen LogP contribution in [0.2, 0.25) is 0 Å². The third kappa shape index (κ3) is 3.12. The molecule has 1 rings (SSSR count). The van der Waals surface area contributed by atoms with Crippen molar-refractivity contribution in [1.29, 1.82) is 0 Å². The number of rotatable bonds is 3. The number of likely N-dealkylation sites (N-methyl/N-ethyl adjacent to an activating group) is 1. The third-order valence-corrected chi connectivity index (χ3v) is 2.13. The molecule has 3 amide bonds. The minimum atomic E-state index is -1.12. The number of carboxylic acid groups (broad SMARTS) is 1.